The number of aryl methyl sites for hydroxylation is 2. The van der Waals surface area contributed by atoms with Gasteiger partial charge in [0.1, 0.15) is 5.82 Å². The van der Waals surface area contributed by atoms with Crippen LogP contribution >= 0.6 is 0 Å². The minimum atomic E-state index is -0.522. The first-order chi connectivity index (χ1) is 9.60. The summed E-state index contributed by atoms with van der Waals surface area (Å²) in [6, 6.07) is 8.24. The van der Waals surface area contributed by atoms with Gasteiger partial charge in [-0.1, -0.05) is 11.6 Å². The second-order valence-electron chi connectivity index (χ2n) is 5.04. The number of aliphatic hydroxyl groups excluding tert-OH is 1. The van der Waals surface area contributed by atoms with Crippen molar-refractivity contribution >= 4 is 16.7 Å². The molecule has 0 aliphatic heterocycles. The number of ether oxygens (including phenoxy) is 1. The fraction of sp³-hybridized carbons (Fsp3) is 0.438. The number of aromatic nitrogens is 1. The molecule has 0 saturated carbocycles. The van der Waals surface area contributed by atoms with Crippen molar-refractivity contribution in [3.05, 3.63) is 35.4 Å². The summed E-state index contributed by atoms with van der Waals surface area (Å²) in [6.45, 7) is 7.46. The smallest absolute Gasteiger partial charge is 0.127 e. The number of benzene rings is 1. The van der Waals surface area contributed by atoms with Crippen LogP contribution in [0, 0.1) is 13.8 Å². The van der Waals surface area contributed by atoms with Crippen molar-refractivity contribution in [3.8, 4) is 0 Å². The summed E-state index contributed by atoms with van der Waals surface area (Å²) >= 11 is 0. The summed E-state index contributed by atoms with van der Waals surface area (Å²) in [5.41, 5.74) is 3.38. The third-order valence-electron chi connectivity index (χ3n) is 3.20. The van der Waals surface area contributed by atoms with Gasteiger partial charge in [0, 0.05) is 18.5 Å². The van der Waals surface area contributed by atoms with E-state index in [-0.39, 0.29) is 0 Å². The Morgan fingerprint density at radius 1 is 1.30 bits per heavy atom. The Balaban J connectivity index is 2.09. The van der Waals surface area contributed by atoms with Crippen LogP contribution in [0.15, 0.2) is 24.3 Å². The van der Waals surface area contributed by atoms with E-state index in [1.807, 2.05) is 19.1 Å². The number of nitrogens with zero attached hydrogens (tertiary/aromatic N) is 1. The molecule has 2 N–H and O–H groups in total. The van der Waals surface area contributed by atoms with Crippen LogP contribution in [0.25, 0.3) is 10.9 Å². The summed E-state index contributed by atoms with van der Waals surface area (Å²) in [5.74, 6) is 0.786. The lowest BCUT2D eigenvalue weighted by Gasteiger charge is -2.13. The van der Waals surface area contributed by atoms with Gasteiger partial charge in [-0.15, -0.1) is 0 Å². The van der Waals surface area contributed by atoms with Gasteiger partial charge in [0.2, 0.25) is 0 Å². The summed E-state index contributed by atoms with van der Waals surface area (Å²) in [5, 5.41) is 14.1. The number of fused-ring (bicyclic) bond motifs is 1. The van der Waals surface area contributed by atoms with Crippen molar-refractivity contribution in [3.63, 3.8) is 0 Å². The zero-order chi connectivity index (χ0) is 14.5. The Morgan fingerprint density at radius 3 is 2.85 bits per heavy atom. The van der Waals surface area contributed by atoms with Crippen molar-refractivity contribution in [2.24, 2.45) is 0 Å². The molecule has 0 aliphatic carbocycles. The Bertz CT molecular complexity index is 584. The van der Waals surface area contributed by atoms with Gasteiger partial charge in [-0.25, -0.2) is 4.98 Å². The number of aliphatic hydroxyl groups is 1. The molecule has 1 aromatic heterocycles. The van der Waals surface area contributed by atoms with Crippen LogP contribution in [-0.4, -0.2) is 36.0 Å². The molecule has 0 aliphatic rings. The van der Waals surface area contributed by atoms with Crippen LogP contribution in [0.2, 0.25) is 0 Å². The lowest BCUT2D eigenvalue weighted by atomic mass is 10.1. The summed E-state index contributed by atoms with van der Waals surface area (Å²) < 4.78 is 5.18. The van der Waals surface area contributed by atoms with E-state index in [4.69, 9.17) is 4.74 Å². The molecule has 2 aromatic rings. The predicted molar refractivity (Wildman–Crippen MR) is 82.2 cm³/mol. The number of pyridine rings is 1. The molecule has 0 bridgehead atoms. The maximum Gasteiger partial charge on any atom is 0.127 e. The first kappa shape index (κ1) is 14.8. The van der Waals surface area contributed by atoms with Gasteiger partial charge >= 0.3 is 0 Å². The van der Waals surface area contributed by atoms with E-state index in [1.165, 1.54) is 16.5 Å². The van der Waals surface area contributed by atoms with Crippen LogP contribution in [0.1, 0.15) is 18.1 Å². The molecule has 1 aromatic carbocycles. The molecule has 1 heterocycles. The van der Waals surface area contributed by atoms with Crippen molar-refractivity contribution < 1.29 is 9.84 Å². The van der Waals surface area contributed by atoms with Gasteiger partial charge in [0.15, 0.2) is 0 Å². The molecule has 0 fully saturated rings. The fourth-order valence-electron chi connectivity index (χ4n) is 2.13. The second kappa shape index (κ2) is 6.68. The highest BCUT2D eigenvalue weighted by Gasteiger charge is 2.06. The molecular weight excluding hydrogens is 252 g/mol. The molecule has 0 radical (unpaired) electrons. The first-order valence-electron chi connectivity index (χ1n) is 6.98. The molecule has 0 saturated heterocycles. The monoisotopic (exact) mass is 274 g/mol. The summed E-state index contributed by atoms with van der Waals surface area (Å²) in [7, 11) is 0. The van der Waals surface area contributed by atoms with Crippen LogP contribution < -0.4 is 5.32 Å². The van der Waals surface area contributed by atoms with E-state index in [1.54, 1.807) is 0 Å². The highest BCUT2D eigenvalue weighted by atomic mass is 16.5. The largest absolute Gasteiger partial charge is 0.389 e. The molecule has 4 heteroatoms. The third kappa shape index (κ3) is 3.68. The molecule has 4 nitrogen and oxygen atoms in total. The minimum absolute atomic E-state index is 0.343. The van der Waals surface area contributed by atoms with Gasteiger partial charge < -0.3 is 15.2 Å². The molecule has 1 atom stereocenters. The SMILES string of the molecule is CCOC[C@@H](O)CNc1cc(C)c2cc(C)ccc2n1. The Labute approximate surface area is 119 Å². The van der Waals surface area contributed by atoms with Crippen LogP contribution in [0.4, 0.5) is 5.82 Å². The number of rotatable bonds is 6. The van der Waals surface area contributed by atoms with Gasteiger partial charge in [-0.05, 0) is 44.5 Å². The van der Waals surface area contributed by atoms with Crippen LogP contribution in [0.3, 0.4) is 0 Å². The lowest BCUT2D eigenvalue weighted by Crippen LogP contribution is -2.25. The molecule has 0 unspecified atom stereocenters. The lowest BCUT2D eigenvalue weighted by molar-refractivity contribution is 0.0495. The van der Waals surface area contributed by atoms with Crippen molar-refractivity contribution in [1.29, 1.82) is 0 Å². The Morgan fingerprint density at radius 2 is 2.10 bits per heavy atom. The maximum absolute atomic E-state index is 9.75. The summed E-state index contributed by atoms with van der Waals surface area (Å²) in [6.07, 6.45) is -0.522. The van der Waals surface area contributed by atoms with Crippen molar-refractivity contribution in [2.45, 2.75) is 26.9 Å². The maximum atomic E-state index is 9.75. The molecule has 20 heavy (non-hydrogen) atoms. The summed E-state index contributed by atoms with van der Waals surface area (Å²) in [4.78, 5) is 4.57. The van der Waals surface area contributed by atoms with E-state index in [0.717, 1.165) is 11.3 Å². The van der Waals surface area contributed by atoms with Gasteiger partial charge in [-0.2, -0.15) is 0 Å². The molecule has 0 spiro atoms. The second-order valence-corrected chi connectivity index (χ2v) is 5.04. The van der Waals surface area contributed by atoms with Crippen LogP contribution in [0.5, 0.6) is 0 Å². The number of hydrogen-bond acceptors (Lipinski definition) is 4. The quantitative estimate of drug-likeness (QED) is 0.850. The van der Waals surface area contributed by atoms with Crippen molar-refractivity contribution in [2.75, 3.05) is 25.1 Å². The standard InChI is InChI=1S/C16H22N2O2/c1-4-20-10-13(19)9-17-16-8-12(3)14-7-11(2)5-6-15(14)18-16/h5-8,13,19H,4,9-10H2,1-3H3,(H,17,18)/t13-/m0/s1. The first-order valence-corrected chi connectivity index (χ1v) is 6.98. The zero-order valence-electron chi connectivity index (χ0n) is 12.3. The minimum Gasteiger partial charge on any atom is -0.389 e. The number of anilines is 1. The predicted octanol–water partition coefficient (Wildman–Crippen LogP) is 2.66. The van der Waals surface area contributed by atoms with Crippen LogP contribution in [-0.2, 0) is 4.74 Å². The Hall–Kier alpha value is -1.65. The molecule has 2 rings (SSSR count). The average molecular weight is 274 g/mol. The Kier molecular flexibility index (Phi) is 4.93. The van der Waals surface area contributed by atoms with E-state index >= 15 is 0 Å². The van der Waals surface area contributed by atoms with E-state index in [9.17, 15) is 5.11 Å². The molecule has 0 amide bonds. The normalized spacial score (nSPS) is 12.6. The van der Waals surface area contributed by atoms with Gasteiger partial charge in [0.05, 0.1) is 18.2 Å². The topological polar surface area (TPSA) is 54.4 Å². The van der Waals surface area contributed by atoms with E-state index < -0.39 is 6.10 Å². The highest BCUT2D eigenvalue weighted by molar-refractivity contribution is 5.84. The number of nitrogens with one attached hydrogen (secondary N) is 1. The highest BCUT2D eigenvalue weighted by Crippen LogP contribution is 2.21. The van der Waals surface area contributed by atoms with E-state index in [2.05, 4.69) is 36.3 Å². The van der Waals surface area contributed by atoms with Gasteiger partial charge in [0.25, 0.3) is 0 Å². The fourth-order valence-corrected chi connectivity index (χ4v) is 2.13. The van der Waals surface area contributed by atoms with E-state index in [0.29, 0.717) is 19.8 Å². The number of hydrogen-bond donors (Lipinski definition) is 2. The molecule has 108 valence electrons. The zero-order valence-corrected chi connectivity index (χ0v) is 12.3. The average Bonchev–Trinajstić information content (AvgIpc) is 2.43. The van der Waals surface area contributed by atoms with Crippen molar-refractivity contribution in [1.82, 2.24) is 4.98 Å². The van der Waals surface area contributed by atoms with Gasteiger partial charge in [-0.3, -0.25) is 0 Å². The molecular formula is C16H22N2O2. The third-order valence-corrected chi connectivity index (χ3v) is 3.20.